The van der Waals surface area contributed by atoms with Crippen molar-refractivity contribution in [2.75, 3.05) is 0 Å². The van der Waals surface area contributed by atoms with E-state index in [-0.39, 0.29) is 11.2 Å². The second-order valence-corrected chi connectivity index (χ2v) is 4.86. The fourth-order valence-corrected chi connectivity index (χ4v) is 2.03. The Hall–Kier alpha value is -3.09. The van der Waals surface area contributed by atoms with E-state index in [2.05, 4.69) is 20.2 Å². The van der Waals surface area contributed by atoms with Crippen molar-refractivity contribution in [3.8, 4) is 0 Å². The van der Waals surface area contributed by atoms with Gasteiger partial charge in [-0.15, -0.1) is 10.2 Å². The lowest BCUT2D eigenvalue weighted by molar-refractivity contribution is 0.779. The van der Waals surface area contributed by atoms with Crippen LogP contribution in [0.15, 0.2) is 39.9 Å². The number of fused-ring (bicyclic) bond motifs is 1. The van der Waals surface area contributed by atoms with Gasteiger partial charge in [-0.25, -0.2) is 9.78 Å². The van der Waals surface area contributed by atoms with Crippen LogP contribution in [0.3, 0.4) is 0 Å². The molecule has 1 N–H and O–H groups in total. The molecule has 0 radical (unpaired) electrons. The maximum absolute atomic E-state index is 12.1. The van der Waals surface area contributed by atoms with E-state index in [1.165, 1.54) is 7.05 Å². The van der Waals surface area contributed by atoms with Gasteiger partial charge in [-0.05, 0) is 24.1 Å². The topological polar surface area (TPSA) is 93.5 Å². The van der Waals surface area contributed by atoms with Gasteiger partial charge in [-0.1, -0.05) is 30.3 Å². The second kappa shape index (κ2) is 5.36. The van der Waals surface area contributed by atoms with Crippen molar-refractivity contribution in [3.05, 3.63) is 62.6 Å². The van der Waals surface area contributed by atoms with Gasteiger partial charge in [0.05, 0.1) is 0 Å². The number of allylic oxidation sites excluding steroid dienone is 1. The van der Waals surface area contributed by atoms with Crippen LogP contribution in [0.5, 0.6) is 0 Å². The van der Waals surface area contributed by atoms with Crippen molar-refractivity contribution in [1.82, 2.24) is 24.7 Å². The maximum Gasteiger partial charge on any atom is 0.329 e. The molecule has 1 aromatic carbocycles. The Morgan fingerprint density at radius 2 is 1.91 bits per heavy atom. The van der Waals surface area contributed by atoms with Crippen LogP contribution in [0.1, 0.15) is 18.3 Å². The number of rotatable bonds is 2. The minimum Gasteiger partial charge on any atom is -0.288 e. The Morgan fingerprint density at radius 1 is 1.18 bits per heavy atom. The van der Waals surface area contributed by atoms with Gasteiger partial charge in [0.1, 0.15) is 0 Å². The highest BCUT2D eigenvalue weighted by Crippen LogP contribution is 2.13. The first-order valence-electron chi connectivity index (χ1n) is 6.64. The zero-order valence-corrected chi connectivity index (χ0v) is 12.1. The lowest BCUT2D eigenvalue weighted by Crippen LogP contribution is -2.33. The van der Waals surface area contributed by atoms with Gasteiger partial charge in [0, 0.05) is 7.05 Å². The summed E-state index contributed by atoms with van der Waals surface area (Å²) >= 11 is 0. The molecule has 0 aliphatic heterocycles. The van der Waals surface area contributed by atoms with Gasteiger partial charge in [0.15, 0.2) is 17.0 Å². The SMILES string of the molecule is C/C(=C/c1ccccc1)c1nnc2[nH]c(=O)n(C)c(=O)c2n1. The molecule has 7 heteroatoms. The van der Waals surface area contributed by atoms with Crippen molar-refractivity contribution in [2.45, 2.75) is 6.92 Å². The summed E-state index contributed by atoms with van der Waals surface area (Å²) in [6.45, 7) is 1.84. The molecule has 0 spiro atoms. The first-order valence-corrected chi connectivity index (χ1v) is 6.64. The normalized spacial score (nSPS) is 11.8. The standard InChI is InChI=1S/C15H13N5O2/c1-9(8-10-6-4-3-5-7-10)12-16-11-13(19-18-12)17-15(22)20(2)14(11)21/h3-8H,1-2H3,(H,17,19,22)/b9-8-. The van der Waals surface area contributed by atoms with Gasteiger partial charge in [-0.3, -0.25) is 14.3 Å². The summed E-state index contributed by atoms with van der Waals surface area (Å²) in [5, 5.41) is 7.85. The van der Waals surface area contributed by atoms with E-state index in [0.29, 0.717) is 5.82 Å². The number of hydrogen-bond donors (Lipinski definition) is 1. The molecule has 110 valence electrons. The first-order chi connectivity index (χ1) is 10.6. The Labute approximate surface area is 125 Å². The van der Waals surface area contributed by atoms with E-state index in [0.717, 1.165) is 15.7 Å². The van der Waals surface area contributed by atoms with Crippen LogP contribution in [0.25, 0.3) is 22.8 Å². The summed E-state index contributed by atoms with van der Waals surface area (Å²) in [6.07, 6.45) is 1.90. The molecule has 7 nitrogen and oxygen atoms in total. The predicted octanol–water partition coefficient (Wildman–Crippen LogP) is 0.972. The van der Waals surface area contributed by atoms with Gasteiger partial charge >= 0.3 is 5.69 Å². The van der Waals surface area contributed by atoms with Crippen LogP contribution in [0, 0.1) is 0 Å². The molecule has 0 atom stereocenters. The number of nitrogens with zero attached hydrogens (tertiary/aromatic N) is 4. The number of nitrogens with one attached hydrogen (secondary N) is 1. The number of aromatic amines is 1. The largest absolute Gasteiger partial charge is 0.329 e. The van der Waals surface area contributed by atoms with E-state index in [4.69, 9.17) is 0 Å². The summed E-state index contributed by atoms with van der Waals surface area (Å²) < 4.78 is 0.955. The Morgan fingerprint density at radius 3 is 2.64 bits per heavy atom. The molecule has 0 aliphatic carbocycles. The minimum absolute atomic E-state index is 0.0874. The molecular formula is C15H13N5O2. The Kier molecular flexibility index (Phi) is 3.38. The number of benzene rings is 1. The third kappa shape index (κ3) is 2.44. The van der Waals surface area contributed by atoms with Crippen LogP contribution in [-0.4, -0.2) is 24.7 Å². The van der Waals surface area contributed by atoms with Crippen LogP contribution in [0.4, 0.5) is 0 Å². The highest BCUT2D eigenvalue weighted by atomic mass is 16.2. The first kappa shape index (κ1) is 13.9. The fourth-order valence-electron chi connectivity index (χ4n) is 2.03. The van der Waals surface area contributed by atoms with Gasteiger partial charge in [0.2, 0.25) is 0 Å². The lowest BCUT2D eigenvalue weighted by Gasteiger charge is -2.02. The summed E-state index contributed by atoms with van der Waals surface area (Å²) in [4.78, 5) is 30.3. The van der Waals surface area contributed by atoms with Crippen molar-refractivity contribution in [3.63, 3.8) is 0 Å². The van der Waals surface area contributed by atoms with Crippen molar-refractivity contribution >= 4 is 22.8 Å². The predicted molar refractivity (Wildman–Crippen MR) is 83.2 cm³/mol. The molecule has 0 bridgehead atoms. The van der Waals surface area contributed by atoms with E-state index < -0.39 is 11.2 Å². The molecule has 0 saturated carbocycles. The second-order valence-electron chi connectivity index (χ2n) is 4.86. The molecule has 0 unspecified atom stereocenters. The number of aromatic nitrogens is 5. The molecule has 0 fully saturated rings. The molecule has 0 aliphatic rings. The molecule has 0 amide bonds. The average Bonchev–Trinajstić information content (AvgIpc) is 2.53. The minimum atomic E-state index is -0.544. The van der Waals surface area contributed by atoms with Gasteiger partial charge < -0.3 is 0 Å². The zero-order chi connectivity index (χ0) is 15.7. The molecule has 2 aromatic heterocycles. The van der Waals surface area contributed by atoms with Crippen molar-refractivity contribution < 1.29 is 0 Å². The molecular weight excluding hydrogens is 282 g/mol. The third-order valence-corrected chi connectivity index (χ3v) is 3.26. The summed E-state index contributed by atoms with van der Waals surface area (Å²) in [7, 11) is 1.38. The Bertz CT molecular complexity index is 986. The monoisotopic (exact) mass is 295 g/mol. The van der Waals surface area contributed by atoms with E-state index in [9.17, 15) is 9.59 Å². The van der Waals surface area contributed by atoms with Crippen molar-refractivity contribution in [1.29, 1.82) is 0 Å². The maximum atomic E-state index is 12.1. The molecule has 22 heavy (non-hydrogen) atoms. The Balaban J connectivity index is 2.15. The summed E-state index contributed by atoms with van der Waals surface area (Å²) in [6, 6.07) is 9.70. The van der Waals surface area contributed by atoms with E-state index in [1.807, 2.05) is 43.3 Å². The number of H-pyrrole nitrogens is 1. The summed E-state index contributed by atoms with van der Waals surface area (Å²) in [5.74, 6) is 0.348. The van der Waals surface area contributed by atoms with E-state index in [1.54, 1.807) is 0 Å². The highest BCUT2D eigenvalue weighted by Gasteiger charge is 2.10. The van der Waals surface area contributed by atoms with Gasteiger partial charge in [0.25, 0.3) is 5.56 Å². The average molecular weight is 295 g/mol. The smallest absolute Gasteiger partial charge is 0.288 e. The highest BCUT2D eigenvalue weighted by molar-refractivity contribution is 5.79. The van der Waals surface area contributed by atoms with Crippen LogP contribution < -0.4 is 11.2 Å². The van der Waals surface area contributed by atoms with Crippen LogP contribution >= 0.6 is 0 Å². The fraction of sp³-hybridized carbons (Fsp3) is 0.133. The molecule has 3 aromatic rings. The quantitative estimate of drug-likeness (QED) is 0.760. The molecule has 2 heterocycles. The molecule has 3 rings (SSSR count). The van der Waals surface area contributed by atoms with Crippen LogP contribution in [0.2, 0.25) is 0 Å². The third-order valence-electron chi connectivity index (χ3n) is 3.26. The lowest BCUT2D eigenvalue weighted by atomic mass is 10.1. The summed E-state index contributed by atoms with van der Waals surface area (Å²) in [5.41, 5.74) is 0.907. The van der Waals surface area contributed by atoms with Crippen LogP contribution in [-0.2, 0) is 7.05 Å². The number of hydrogen-bond acceptors (Lipinski definition) is 5. The van der Waals surface area contributed by atoms with Crippen molar-refractivity contribution in [2.24, 2.45) is 7.05 Å². The molecule has 0 saturated heterocycles. The van der Waals surface area contributed by atoms with Gasteiger partial charge in [-0.2, -0.15) is 0 Å². The zero-order valence-electron chi connectivity index (χ0n) is 12.1. The van der Waals surface area contributed by atoms with E-state index >= 15 is 0 Å².